The summed E-state index contributed by atoms with van der Waals surface area (Å²) in [6.07, 6.45) is 2.01. The zero-order valence-corrected chi connectivity index (χ0v) is 17.2. The molecular weight excluding hydrogens is 354 g/mol. The first-order valence-electron chi connectivity index (χ1n) is 9.89. The van der Waals surface area contributed by atoms with Crippen LogP contribution in [0.5, 0.6) is 0 Å². The summed E-state index contributed by atoms with van der Waals surface area (Å²) >= 11 is 0. The van der Waals surface area contributed by atoms with Crippen LogP contribution >= 0.6 is 0 Å². The summed E-state index contributed by atoms with van der Waals surface area (Å²) in [4.78, 5) is 26.7. The van der Waals surface area contributed by atoms with Crippen molar-refractivity contribution < 1.29 is 14.3 Å². The van der Waals surface area contributed by atoms with Gasteiger partial charge in [-0.1, -0.05) is 36.8 Å². The molecule has 1 aromatic heterocycles. The van der Waals surface area contributed by atoms with E-state index in [4.69, 9.17) is 4.74 Å². The molecule has 6 heteroatoms. The number of hydrogen-bond acceptors (Lipinski definition) is 4. The van der Waals surface area contributed by atoms with Gasteiger partial charge in [0.25, 0.3) is 5.91 Å². The molecule has 0 radical (unpaired) electrons. The summed E-state index contributed by atoms with van der Waals surface area (Å²) in [5.74, 6) is 0.0442. The van der Waals surface area contributed by atoms with E-state index in [1.54, 1.807) is 11.8 Å². The number of esters is 1. The third-order valence-corrected chi connectivity index (χ3v) is 5.50. The van der Waals surface area contributed by atoms with Crippen LogP contribution in [0.3, 0.4) is 0 Å². The molecule has 1 aliphatic rings. The van der Waals surface area contributed by atoms with Gasteiger partial charge in [0.1, 0.15) is 5.56 Å². The van der Waals surface area contributed by atoms with E-state index in [0.717, 1.165) is 37.2 Å². The summed E-state index contributed by atoms with van der Waals surface area (Å²) in [5, 5.41) is 4.49. The summed E-state index contributed by atoms with van der Waals surface area (Å²) in [7, 11) is 0. The molecule has 0 spiro atoms. The van der Waals surface area contributed by atoms with E-state index in [1.165, 1.54) is 5.56 Å². The molecule has 0 aliphatic carbocycles. The number of nitrogens with zero attached hydrogens (tertiary/aromatic N) is 3. The number of carbonyl (C=O) groups excluding carboxylic acids is 2. The number of aromatic nitrogens is 2. The lowest BCUT2D eigenvalue weighted by atomic mass is 9.99. The predicted octanol–water partition coefficient (Wildman–Crippen LogP) is 3.27. The molecule has 1 saturated heterocycles. The van der Waals surface area contributed by atoms with Gasteiger partial charge in [-0.25, -0.2) is 4.79 Å². The van der Waals surface area contributed by atoms with Crippen LogP contribution in [0.15, 0.2) is 24.3 Å². The van der Waals surface area contributed by atoms with E-state index in [0.29, 0.717) is 23.7 Å². The fourth-order valence-corrected chi connectivity index (χ4v) is 3.56. The Kier molecular flexibility index (Phi) is 6.17. The normalized spacial score (nSPS) is 14.9. The van der Waals surface area contributed by atoms with Crippen molar-refractivity contribution in [1.29, 1.82) is 0 Å². The first-order chi connectivity index (χ1) is 13.3. The van der Waals surface area contributed by atoms with Gasteiger partial charge in [0.2, 0.25) is 0 Å². The van der Waals surface area contributed by atoms with Gasteiger partial charge in [0.15, 0.2) is 6.61 Å². The molecule has 0 N–H and O–H groups in total. The monoisotopic (exact) mass is 383 g/mol. The van der Waals surface area contributed by atoms with Gasteiger partial charge in [0.05, 0.1) is 17.9 Å². The molecule has 0 bridgehead atoms. The van der Waals surface area contributed by atoms with E-state index in [-0.39, 0.29) is 12.5 Å². The molecule has 1 fully saturated rings. The van der Waals surface area contributed by atoms with Gasteiger partial charge >= 0.3 is 5.97 Å². The molecule has 1 aromatic carbocycles. The number of aryl methyl sites for hydroxylation is 2. The highest BCUT2D eigenvalue weighted by Crippen LogP contribution is 2.18. The lowest BCUT2D eigenvalue weighted by molar-refractivity contribution is -0.135. The average molecular weight is 383 g/mol. The summed E-state index contributed by atoms with van der Waals surface area (Å²) < 4.78 is 7.14. The smallest absolute Gasteiger partial charge is 0.342 e. The van der Waals surface area contributed by atoms with Crippen LogP contribution < -0.4 is 0 Å². The number of benzene rings is 1. The number of hydrogen-bond donors (Lipinski definition) is 0. The van der Waals surface area contributed by atoms with E-state index in [9.17, 15) is 9.59 Å². The first kappa shape index (κ1) is 20.1. The molecule has 2 aromatic rings. The molecule has 6 nitrogen and oxygen atoms in total. The van der Waals surface area contributed by atoms with Crippen molar-refractivity contribution in [3.8, 4) is 0 Å². The summed E-state index contributed by atoms with van der Waals surface area (Å²) in [5.41, 5.74) is 4.14. The van der Waals surface area contributed by atoms with Gasteiger partial charge in [-0.15, -0.1) is 0 Å². The Bertz CT molecular complexity index is 847. The average Bonchev–Trinajstić information content (AvgIpc) is 2.95. The van der Waals surface area contributed by atoms with Crippen LogP contribution in [0.4, 0.5) is 0 Å². The number of ether oxygens (including phenoxy) is 1. The molecule has 0 unspecified atom stereocenters. The second kappa shape index (κ2) is 8.59. The van der Waals surface area contributed by atoms with Crippen molar-refractivity contribution in [3.63, 3.8) is 0 Å². The Labute approximate surface area is 166 Å². The fraction of sp³-hybridized carbons (Fsp3) is 0.500. The molecular formula is C22H29N3O3. The molecule has 2 heterocycles. The third kappa shape index (κ3) is 4.61. The lowest BCUT2D eigenvalue weighted by Crippen LogP contribution is -2.40. The summed E-state index contributed by atoms with van der Waals surface area (Å²) in [6, 6.07) is 8.23. The second-order valence-electron chi connectivity index (χ2n) is 7.83. The minimum atomic E-state index is -0.483. The van der Waals surface area contributed by atoms with E-state index >= 15 is 0 Å². The highest BCUT2D eigenvalue weighted by atomic mass is 16.5. The molecule has 1 aliphatic heterocycles. The minimum absolute atomic E-state index is 0.123. The maximum Gasteiger partial charge on any atom is 0.342 e. The molecule has 0 atom stereocenters. The number of amides is 1. The van der Waals surface area contributed by atoms with Crippen molar-refractivity contribution in [2.75, 3.05) is 19.7 Å². The molecule has 0 saturated carbocycles. The van der Waals surface area contributed by atoms with Gasteiger partial charge in [-0.2, -0.15) is 5.10 Å². The van der Waals surface area contributed by atoms with Crippen molar-refractivity contribution in [2.45, 2.75) is 47.1 Å². The van der Waals surface area contributed by atoms with Gasteiger partial charge in [0, 0.05) is 13.1 Å². The third-order valence-electron chi connectivity index (χ3n) is 5.50. The Morgan fingerprint density at radius 2 is 1.75 bits per heavy atom. The Morgan fingerprint density at radius 3 is 2.39 bits per heavy atom. The highest BCUT2D eigenvalue weighted by Gasteiger charge is 2.24. The highest BCUT2D eigenvalue weighted by molar-refractivity contribution is 5.93. The predicted molar refractivity (Wildman–Crippen MR) is 107 cm³/mol. The second-order valence-corrected chi connectivity index (χ2v) is 7.83. The van der Waals surface area contributed by atoms with E-state index in [2.05, 4.69) is 36.3 Å². The molecule has 150 valence electrons. The fourth-order valence-electron chi connectivity index (χ4n) is 3.56. The van der Waals surface area contributed by atoms with Crippen molar-refractivity contribution >= 4 is 11.9 Å². The zero-order chi connectivity index (χ0) is 20.3. The SMILES string of the molecule is Cc1ccc(Cn2nc(C)c(C(=O)OCC(=O)N3CCC(C)CC3)c2C)cc1. The van der Waals surface area contributed by atoms with Crippen LogP contribution in [0.1, 0.15) is 52.6 Å². The minimum Gasteiger partial charge on any atom is -0.452 e. The van der Waals surface area contributed by atoms with Crippen LogP contribution in [0.25, 0.3) is 0 Å². The number of piperidine rings is 1. The topological polar surface area (TPSA) is 64.4 Å². The van der Waals surface area contributed by atoms with Crippen LogP contribution in [0, 0.1) is 26.7 Å². The van der Waals surface area contributed by atoms with Crippen LogP contribution in [-0.4, -0.2) is 46.3 Å². The standard InChI is InChI=1S/C22H29N3O3/c1-15-5-7-19(8-6-15)13-25-18(4)21(17(3)23-25)22(27)28-14-20(26)24-11-9-16(2)10-12-24/h5-8,16H,9-14H2,1-4H3. The Hall–Kier alpha value is -2.63. The van der Waals surface area contributed by atoms with Crippen molar-refractivity contribution in [3.05, 3.63) is 52.3 Å². The van der Waals surface area contributed by atoms with E-state index < -0.39 is 5.97 Å². The Morgan fingerprint density at radius 1 is 1.11 bits per heavy atom. The molecule has 3 rings (SSSR count). The van der Waals surface area contributed by atoms with E-state index in [1.807, 2.05) is 18.5 Å². The van der Waals surface area contributed by atoms with Gasteiger partial charge in [-0.3, -0.25) is 9.48 Å². The summed E-state index contributed by atoms with van der Waals surface area (Å²) in [6.45, 7) is 9.75. The van der Waals surface area contributed by atoms with Gasteiger partial charge in [-0.05, 0) is 45.1 Å². The maximum atomic E-state index is 12.6. The van der Waals surface area contributed by atoms with Crippen molar-refractivity contribution in [1.82, 2.24) is 14.7 Å². The maximum absolute atomic E-state index is 12.6. The van der Waals surface area contributed by atoms with Crippen LogP contribution in [0.2, 0.25) is 0 Å². The van der Waals surface area contributed by atoms with Crippen molar-refractivity contribution in [2.24, 2.45) is 5.92 Å². The molecule has 1 amide bonds. The zero-order valence-electron chi connectivity index (χ0n) is 17.2. The number of likely N-dealkylation sites (tertiary alicyclic amines) is 1. The largest absolute Gasteiger partial charge is 0.452 e. The quantitative estimate of drug-likeness (QED) is 0.744. The van der Waals surface area contributed by atoms with Gasteiger partial charge < -0.3 is 9.64 Å². The van der Waals surface area contributed by atoms with Crippen LogP contribution in [-0.2, 0) is 16.1 Å². The first-order valence-corrected chi connectivity index (χ1v) is 9.89. The lowest BCUT2D eigenvalue weighted by Gasteiger charge is -2.30. The number of rotatable bonds is 5. The number of carbonyl (C=O) groups is 2. The Balaban J connectivity index is 1.62. The molecule has 28 heavy (non-hydrogen) atoms.